The molecule has 2 heterocycles. The van der Waals surface area contributed by atoms with Crippen molar-refractivity contribution in [3.63, 3.8) is 0 Å². The molecular formula is C21H41O2P. The Kier molecular flexibility index (Phi) is 6.48. The summed E-state index contributed by atoms with van der Waals surface area (Å²) in [5.74, 6) is 0.564. The second kappa shape index (κ2) is 7.53. The van der Waals surface area contributed by atoms with Crippen LogP contribution < -0.4 is 0 Å². The molecule has 0 radical (unpaired) electrons. The fourth-order valence-corrected chi connectivity index (χ4v) is 12.0. The van der Waals surface area contributed by atoms with Crippen molar-refractivity contribution in [1.82, 2.24) is 0 Å². The summed E-state index contributed by atoms with van der Waals surface area (Å²) in [6.45, 7) is 21.2. The molecule has 2 unspecified atom stereocenters. The molecule has 2 fully saturated rings. The minimum atomic E-state index is -0.371. The van der Waals surface area contributed by atoms with Crippen LogP contribution in [-0.2, 0) is 9.47 Å². The van der Waals surface area contributed by atoms with E-state index in [1.807, 2.05) is 0 Å². The van der Waals surface area contributed by atoms with Crippen LogP contribution in [0.4, 0.5) is 0 Å². The minimum absolute atomic E-state index is 0.116. The molecule has 0 aromatic rings. The molecule has 0 aliphatic carbocycles. The molecule has 2 rings (SSSR count). The first-order valence-electron chi connectivity index (χ1n) is 10.4. The molecule has 0 saturated carbocycles. The van der Waals surface area contributed by atoms with E-state index >= 15 is 0 Å². The van der Waals surface area contributed by atoms with Crippen molar-refractivity contribution in [3.05, 3.63) is 0 Å². The lowest BCUT2D eigenvalue weighted by molar-refractivity contribution is -0.329. The third-order valence-corrected chi connectivity index (χ3v) is 12.7. The molecule has 1 spiro atoms. The van der Waals surface area contributed by atoms with Gasteiger partial charge >= 0.3 is 0 Å². The topological polar surface area (TPSA) is 18.5 Å². The van der Waals surface area contributed by atoms with Crippen LogP contribution in [0.25, 0.3) is 0 Å². The van der Waals surface area contributed by atoms with Gasteiger partial charge in [-0.25, -0.2) is 0 Å². The molecule has 24 heavy (non-hydrogen) atoms. The quantitative estimate of drug-likeness (QED) is 0.530. The predicted molar refractivity (Wildman–Crippen MR) is 106 cm³/mol. The Balaban J connectivity index is 2.69. The lowest BCUT2D eigenvalue weighted by Gasteiger charge is -2.69. The Labute approximate surface area is 152 Å². The minimum Gasteiger partial charge on any atom is -0.349 e. The fourth-order valence-electron chi connectivity index (χ4n) is 6.48. The molecular weight excluding hydrogens is 315 g/mol. The average molecular weight is 357 g/mol. The maximum absolute atomic E-state index is 6.57. The first kappa shape index (κ1) is 20.7. The highest BCUT2D eigenvalue weighted by Crippen LogP contribution is 2.78. The normalized spacial score (nSPS) is 34.6. The van der Waals surface area contributed by atoms with Crippen LogP contribution in [0.5, 0.6) is 0 Å². The molecule has 2 aliphatic heterocycles. The van der Waals surface area contributed by atoms with E-state index < -0.39 is 0 Å². The standard InChI is InChI=1S/C21H41O2P/c1-9-19(10-2)17(7)21(22-14-13-15-23-21)18(8)20(11-3,12-4)24(19)16(5)6/h16-18H,9-15H2,1-8H3. The van der Waals surface area contributed by atoms with Gasteiger partial charge in [0, 0.05) is 11.8 Å². The van der Waals surface area contributed by atoms with Crippen molar-refractivity contribution < 1.29 is 9.47 Å². The highest BCUT2D eigenvalue weighted by molar-refractivity contribution is 7.61. The third kappa shape index (κ3) is 2.62. The summed E-state index contributed by atoms with van der Waals surface area (Å²) in [7, 11) is -0.116. The van der Waals surface area contributed by atoms with Crippen molar-refractivity contribution in [2.24, 2.45) is 11.8 Å². The van der Waals surface area contributed by atoms with Crippen molar-refractivity contribution >= 4 is 7.92 Å². The summed E-state index contributed by atoms with van der Waals surface area (Å²) in [4.78, 5) is 0. The zero-order valence-corrected chi connectivity index (χ0v) is 18.3. The van der Waals surface area contributed by atoms with Gasteiger partial charge in [-0.05, 0) is 48.1 Å². The lowest BCUT2D eigenvalue weighted by Crippen LogP contribution is -2.68. The highest BCUT2D eigenvalue weighted by atomic mass is 31.1. The Bertz CT molecular complexity index is 378. The van der Waals surface area contributed by atoms with Gasteiger partial charge in [-0.15, -0.1) is 0 Å². The van der Waals surface area contributed by atoms with Crippen molar-refractivity contribution in [3.8, 4) is 0 Å². The Morgan fingerprint density at radius 2 is 1.21 bits per heavy atom. The van der Waals surface area contributed by atoms with Gasteiger partial charge in [0.25, 0.3) is 0 Å². The number of ether oxygens (including phenoxy) is 2. The van der Waals surface area contributed by atoms with Crippen LogP contribution in [-0.4, -0.2) is 35.0 Å². The number of hydrogen-bond donors (Lipinski definition) is 0. The summed E-state index contributed by atoms with van der Waals surface area (Å²) in [6.07, 6.45) is 6.03. The van der Waals surface area contributed by atoms with Crippen LogP contribution in [0.2, 0.25) is 0 Å². The molecule has 2 atom stereocenters. The van der Waals surface area contributed by atoms with Crippen molar-refractivity contribution in [2.45, 2.75) is 109 Å². The molecule has 142 valence electrons. The molecule has 3 heteroatoms. The first-order valence-corrected chi connectivity index (χ1v) is 11.8. The summed E-state index contributed by atoms with van der Waals surface area (Å²) in [6, 6.07) is 0. The average Bonchev–Trinajstić information content (AvgIpc) is 2.61. The van der Waals surface area contributed by atoms with Crippen molar-refractivity contribution in [2.75, 3.05) is 13.2 Å². The van der Waals surface area contributed by atoms with E-state index in [2.05, 4.69) is 55.4 Å². The Morgan fingerprint density at radius 3 is 1.50 bits per heavy atom. The van der Waals surface area contributed by atoms with Gasteiger partial charge in [0.1, 0.15) is 0 Å². The smallest absolute Gasteiger partial charge is 0.175 e. The predicted octanol–water partition coefficient (Wildman–Crippen LogP) is 6.41. The van der Waals surface area contributed by atoms with Gasteiger partial charge in [-0.3, -0.25) is 0 Å². The zero-order chi connectivity index (χ0) is 18.2. The largest absolute Gasteiger partial charge is 0.349 e. The molecule has 2 saturated heterocycles. The molecule has 0 aromatic carbocycles. The van der Waals surface area contributed by atoms with Crippen LogP contribution in [0.15, 0.2) is 0 Å². The van der Waals surface area contributed by atoms with Gasteiger partial charge in [-0.1, -0.05) is 63.3 Å². The molecule has 0 aromatic heterocycles. The van der Waals surface area contributed by atoms with E-state index in [9.17, 15) is 0 Å². The van der Waals surface area contributed by atoms with E-state index in [4.69, 9.17) is 9.47 Å². The Hall–Kier alpha value is 0.350. The second-order valence-corrected chi connectivity index (χ2v) is 11.9. The lowest BCUT2D eigenvalue weighted by atomic mass is 9.70. The van der Waals surface area contributed by atoms with E-state index in [0.29, 0.717) is 22.1 Å². The maximum atomic E-state index is 6.57. The van der Waals surface area contributed by atoms with Crippen LogP contribution >= 0.6 is 7.92 Å². The summed E-state index contributed by atoms with van der Waals surface area (Å²) >= 11 is 0. The van der Waals surface area contributed by atoms with Crippen LogP contribution in [0.1, 0.15) is 87.5 Å². The third-order valence-electron chi connectivity index (χ3n) is 7.69. The van der Waals surface area contributed by atoms with E-state index in [-0.39, 0.29) is 13.7 Å². The first-order chi connectivity index (χ1) is 11.3. The zero-order valence-electron chi connectivity index (χ0n) is 17.4. The monoisotopic (exact) mass is 356 g/mol. The molecule has 2 aliphatic rings. The molecule has 0 N–H and O–H groups in total. The summed E-state index contributed by atoms with van der Waals surface area (Å²) < 4.78 is 13.1. The van der Waals surface area contributed by atoms with Gasteiger partial charge in [0.05, 0.1) is 13.2 Å². The van der Waals surface area contributed by atoms with Gasteiger partial charge in [-0.2, -0.15) is 0 Å². The highest BCUT2D eigenvalue weighted by Gasteiger charge is 2.68. The SMILES string of the molecule is CCC1(CC)C(C)C2(OCCCO2)C(C)C(CC)(CC)P1C(C)C. The van der Waals surface area contributed by atoms with E-state index in [0.717, 1.165) is 25.3 Å². The Morgan fingerprint density at radius 1 is 0.833 bits per heavy atom. The second-order valence-electron chi connectivity index (χ2n) is 8.30. The van der Waals surface area contributed by atoms with Crippen molar-refractivity contribution in [1.29, 1.82) is 0 Å². The van der Waals surface area contributed by atoms with Gasteiger partial charge in [0.15, 0.2) is 5.79 Å². The number of hydrogen-bond acceptors (Lipinski definition) is 2. The van der Waals surface area contributed by atoms with E-state index in [1.54, 1.807) is 0 Å². The number of rotatable bonds is 5. The summed E-state index contributed by atoms with van der Waals surface area (Å²) in [5, 5.41) is 0.721. The van der Waals surface area contributed by atoms with E-state index in [1.165, 1.54) is 25.7 Å². The van der Waals surface area contributed by atoms with Gasteiger partial charge in [0.2, 0.25) is 0 Å². The van der Waals surface area contributed by atoms with Crippen LogP contribution in [0, 0.1) is 11.8 Å². The molecule has 0 amide bonds. The van der Waals surface area contributed by atoms with Gasteiger partial charge < -0.3 is 9.47 Å². The fraction of sp³-hybridized carbons (Fsp3) is 1.00. The van der Waals surface area contributed by atoms with Crippen LogP contribution in [0.3, 0.4) is 0 Å². The molecule has 2 nitrogen and oxygen atoms in total. The molecule has 0 bridgehead atoms. The maximum Gasteiger partial charge on any atom is 0.175 e. The summed E-state index contributed by atoms with van der Waals surface area (Å²) in [5.41, 5.74) is 0.755.